The van der Waals surface area contributed by atoms with Crippen molar-refractivity contribution in [3.8, 4) is 0 Å². The summed E-state index contributed by atoms with van der Waals surface area (Å²) in [6.07, 6.45) is 12.9. The average Bonchev–Trinajstić information content (AvgIpc) is 3.02. The third-order valence-corrected chi connectivity index (χ3v) is 4.68. The minimum Gasteiger partial charge on any atom is -0.312 e. The van der Waals surface area contributed by atoms with Gasteiger partial charge < -0.3 is 5.32 Å². The molecule has 3 rings (SSSR count). The Kier molecular flexibility index (Phi) is 5.89. The van der Waals surface area contributed by atoms with Crippen molar-refractivity contribution in [3.05, 3.63) is 64.5 Å². The van der Waals surface area contributed by atoms with Gasteiger partial charge in [0.15, 0.2) is 0 Å². The Morgan fingerprint density at radius 2 is 2.13 bits per heavy atom. The first-order chi connectivity index (χ1) is 11.3. The lowest BCUT2D eigenvalue weighted by atomic mass is 9.97. The molecule has 0 bridgehead atoms. The van der Waals surface area contributed by atoms with Gasteiger partial charge in [-0.05, 0) is 50.3 Å². The molecule has 1 aromatic heterocycles. The molecule has 0 fully saturated rings. The van der Waals surface area contributed by atoms with E-state index in [9.17, 15) is 0 Å². The van der Waals surface area contributed by atoms with Crippen molar-refractivity contribution in [2.45, 2.75) is 45.2 Å². The Bertz CT molecular complexity index is 660. The van der Waals surface area contributed by atoms with Gasteiger partial charge >= 0.3 is 0 Å². The highest BCUT2D eigenvalue weighted by atomic mass is 35.5. The Morgan fingerprint density at radius 3 is 2.96 bits per heavy atom. The predicted molar refractivity (Wildman–Crippen MR) is 95.7 cm³/mol. The summed E-state index contributed by atoms with van der Waals surface area (Å²) in [5.74, 6) is 0. The second-order valence-corrected chi connectivity index (χ2v) is 6.58. The van der Waals surface area contributed by atoms with Crippen molar-refractivity contribution >= 4 is 11.6 Å². The van der Waals surface area contributed by atoms with Crippen LogP contribution in [0.15, 0.2) is 48.3 Å². The van der Waals surface area contributed by atoms with E-state index in [0.717, 1.165) is 23.7 Å². The highest BCUT2D eigenvalue weighted by Gasteiger charge is 2.05. The van der Waals surface area contributed by atoms with E-state index in [2.05, 4.69) is 22.7 Å². The minimum atomic E-state index is 0.715. The molecule has 2 aromatic rings. The molecule has 4 heteroatoms. The number of aromatic nitrogens is 2. The molecule has 0 amide bonds. The molecule has 122 valence electrons. The highest BCUT2D eigenvalue weighted by Crippen LogP contribution is 2.19. The van der Waals surface area contributed by atoms with E-state index in [1.54, 1.807) is 5.57 Å². The second-order valence-electron chi connectivity index (χ2n) is 6.17. The van der Waals surface area contributed by atoms with Gasteiger partial charge in [-0.25, -0.2) is 0 Å². The number of hydrogen-bond acceptors (Lipinski definition) is 2. The second kappa shape index (κ2) is 8.32. The Balaban J connectivity index is 1.44. The standard InChI is InChI=1S/C19H24ClN3/c20-19-9-5-4-8-18(19)15-23-14-17(13-22-23)12-21-11-10-16-6-2-1-3-7-16/h4-6,8-9,13-14,21H,1-3,7,10-12,15H2. The maximum absolute atomic E-state index is 6.20. The quantitative estimate of drug-likeness (QED) is 0.596. The molecule has 0 radical (unpaired) electrons. The lowest BCUT2D eigenvalue weighted by Crippen LogP contribution is -2.15. The van der Waals surface area contributed by atoms with Crippen molar-refractivity contribution in [2.24, 2.45) is 0 Å². The van der Waals surface area contributed by atoms with Gasteiger partial charge in [-0.3, -0.25) is 4.68 Å². The summed E-state index contributed by atoms with van der Waals surface area (Å²) in [6.45, 7) is 2.63. The molecule has 0 saturated carbocycles. The van der Waals surface area contributed by atoms with Gasteiger partial charge in [0.2, 0.25) is 0 Å². The van der Waals surface area contributed by atoms with Crippen molar-refractivity contribution in [3.63, 3.8) is 0 Å². The molecule has 0 saturated heterocycles. The van der Waals surface area contributed by atoms with Crippen molar-refractivity contribution < 1.29 is 0 Å². The molecule has 0 unspecified atom stereocenters. The molecule has 1 aliphatic rings. The molecule has 0 spiro atoms. The molecule has 23 heavy (non-hydrogen) atoms. The fraction of sp³-hybridized carbons (Fsp3) is 0.421. The smallest absolute Gasteiger partial charge is 0.0674 e. The van der Waals surface area contributed by atoms with Crippen molar-refractivity contribution in [1.29, 1.82) is 0 Å². The summed E-state index contributed by atoms with van der Waals surface area (Å²) in [6, 6.07) is 7.92. The van der Waals surface area contributed by atoms with Crippen LogP contribution in [0.1, 0.15) is 43.2 Å². The average molecular weight is 330 g/mol. The SMILES string of the molecule is Clc1ccccc1Cn1cc(CNCCC2=CCCCC2)cn1. The first kappa shape index (κ1) is 16.3. The van der Waals surface area contributed by atoms with Gasteiger partial charge in [-0.2, -0.15) is 5.10 Å². The number of nitrogens with one attached hydrogen (secondary N) is 1. The summed E-state index contributed by atoms with van der Waals surface area (Å²) in [5, 5.41) is 8.74. The molecule has 1 N–H and O–H groups in total. The Labute approximate surface area is 143 Å². The van der Waals surface area contributed by atoms with Crippen molar-refractivity contribution in [1.82, 2.24) is 15.1 Å². The Hall–Kier alpha value is -1.58. The van der Waals surface area contributed by atoms with E-state index in [0.29, 0.717) is 6.54 Å². The summed E-state index contributed by atoms with van der Waals surface area (Å²) in [4.78, 5) is 0. The Morgan fingerprint density at radius 1 is 1.22 bits per heavy atom. The maximum Gasteiger partial charge on any atom is 0.0674 e. The van der Waals surface area contributed by atoms with Gasteiger partial charge in [0, 0.05) is 23.3 Å². The molecule has 0 aliphatic heterocycles. The van der Waals surface area contributed by atoms with Crippen LogP contribution in [-0.2, 0) is 13.1 Å². The number of allylic oxidation sites excluding steroid dienone is 1. The molecule has 0 atom stereocenters. The lowest BCUT2D eigenvalue weighted by Gasteiger charge is -2.12. The molecule has 1 heterocycles. The third kappa shape index (κ3) is 4.95. The number of nitrogens with zero attached hydrogens (tertiary/aromatic N) is 2. The van der Waals surface area contributed by atoms with Crippen LogP contribution in [0.2, 0.25) is 5.02 Å². The van der Waals surface area contributed by atoms with Crippen LogP contribution in [0.25, 0.3) is 0 Å². The fourth-order valence-electron chi connectivity index (χ4n) is 3.00. The fourth-order valence-corrected chi connectivity index (χ4v) is 3.19. The van der Waals surface area contributed by atoms with E-state index in [1.165, 1.54) is 37.7 Å². The number of benzene rings is 1. The van der Waals surface area contributed by atoms with Gasteiger partial charge in [0.25, 0.3) is 0 Å². The van der Waals surface area contributed by atoms with Crippen LogP contribution >= 0.6 is 11.6 Å². The van der Waals surface area contributed by atoms with Gasteiger partial charge in [-0.1, -0.05) is 41.4 Å². The van der Waals surface area contributed by atoms with E-state index < -0.39 is 0 Å². The molecule has 1 aromatic carbocycles. The van der Waals surface area contributed by atoms with E-state index in [1.807, 2.05) is 35.1 Å². The van der Waals surface area contributed by atoms with Crippen LogP contribution < -0.4 is 5.32 Å². The predicted octanol–water partition coefficient (Wildman–Crippen LogP) is 4.56. The van der Waals surface area contributed by atoms with Gasteiger partial charge in [0.1, 0.15) is 0 Å². The number of rotatable bonds is 7. The molecule has 1 aliphatic carbocycles. The zero-order valence-electron chi connectivity index (χ0n) is 13.5. The summed E-state index contributed by atoms with van der Waals surface area (Å²) >= 11 is 6.20. The van der Waals surface area contributed by atoms with Crippen molar-refractivity contribution in [2.75, 3.05) is 6.54 Å². The molecular formula is C19H24ClN3. The number of hydrogen-bond donors (Lipinski definition) is 1. The van der Waals surface area contributed by atoms with Crippen LogP contribution in [-0.4, -0.2) is 16.3 Å². The monoisotopic (exact) mass is 329 g/mol. The first-order valence-electron chi connectivity index (χ1n) is 8.44. The van der Waals surface area contributed by atoms with Crippen LogP contribution in [0.3, 0.4) is 0 Å². The van der Waals surface area contributed by atoms with E-state index in [-0.39, 0.29) is 0 Å². The van der Waals surface area contributed by atoms with Crippen LogP contribution in [0, 0.1) is 0 Å². The largest absolute Gasteiger partial charge is 0.312 e. The summed E-state index contributed by atoms with van der Waals surface area (Å²) < 4.78 is 1.95. The van der Waals surface area contributed by atoms with E-state index in [4.69, 9.17) is 11.6 Å². The third-order valence-electron chi connectivity index (χ3n) is 4.31. The number of halogens is 1. The lowest BCUT2D eigenvalue weighted by molar-refractivity contribution is 0.631. The maximum atomic E-state index is 6.20. The van der Waals surface area contributed by atoms with Crippen LogP contribution in [0.4, 0.5) is 0 Å². The molecular weight excluding hydrogens is 306 g/mol. The zero-order chi connectivity index (χ0) is 15.9. The zero-order valence-corrected chi connectivity index (χ0v) is 14.2. The van der Waals surface area contributed by atoms with Crippen LogP contribution in [0.5, 0.6) is 0 Å². The first-order valence-corrected chi connectivity index (χ1v) is 8.82. The van der Waals surface area contributed by atoms with E-state index >= 15 is 0 Å². The van der Waals surface area contributed by atoms with Gasteiger partial charge in [0.05, 0.1) is 12.7 Å². The van der Waals surface area contributed by atoms with Gasteiger partial charge in [-0.15, -0.1) is 0 Å². The summed E-state index contributed by atoms with van der Waals surface area (Å²) in [7, 11) is 0. The summed E-state index contributed by atoms with van der Waals surface area (Å²) in [5.41, 5.74) is 3.94. The normalized spacial score (nSPS) is 14.7. The minimum absolute atomic E-state index is 0.715. The molecule has 3 nitrogen and oxygen atoms in total. The highest BCUT2D eigenvalue weighted by molar-refractivity contribution is 6.31. The topological polar surface area (TPSA) is 29.9 Å².